The fourth-order valence-electron chi connectivity index (χ4n) is 2.11. The lowest BCUT2D eigenvalue weighted by Gasteiger charge is -2.35. The Balaban J connectivity index is 1.95. The van der Waals surface area contributed by atoms with E-state index < -0.39 is 0 Å². The number of hydrogen-bond acceptors (Lipinski definition) is 5. The lowest BCUT2D eigenvalue weighted by Crippen LogP contribution is -2.47. The molecule has 5 nitrogen and oxygen atoms in total. The highest BCUT2D eigenvalue weighted by Crippen LogP contribution is 2.18. The van der Waals surface area contributed by atoms with Crippen LogP contribution >= 0.6 is 0 Å². The molecule has 0 amide bonds. The van der Waals surface area contributed by atoms with Crippen molar-refractivity contribution in [3.63, 3.8) is 0 Å². The van der Waals surface area contributed by atoms with Gasteiger partial charge in [0, 0.05) is 39.8 Å². The van der Waals surface area contributed by atoms with Gasteiger partial charge in [-0.25, -0.2) is 0 Å². The van der Waals surface area contributed by atoms with Gasteiger partial charge in [0.2, 0.25) is 0 Å². The molecule has 5 heteroatoms. The van der Waals surface area contributed by atoms with Gasteiger partial charge < -0.3 is 15.3 Å². The molecular weight excluding hydrogens is 216 g/mol. The van der Waals surface area contributed by atoms with Crippen LogP contribution in [0.1, 0.15) is 0 Å². The average Bonchev–Trinajstić information content (AvgIpc) is 2.40. The summed E-state index contributed by atoms with van der Waals surface area (Å²) in [6.45, 7) is 5.03. The Hall–Kier alpha value is -1.33. The summed E-state index contributed by atoms with van der Waals surface area (Å²) in [5.74, 6) is 0. The van der Waals surface area contributed by atoms with Crippen LogP contribution in [0.2, 0.25) is 0 Å². The molecule has 0 saturated carbocycles. The van der Waals surface area contributed by atoms with E-state index in [4.69, 9.17) is 5.11 Å². The number of nitrogens with zero attached hydrogens (tertiary/aromatic N) is 3. The van der Waals surface area contributed by atoms with Crippen molar-refractivity contribution in [3.05, 3.63) is 18.5 Å². The Labute approximate surface area is 102 Å². The van der Waals surface area contributed by atoms with Gasteiger partial charge in [-0.1, -0.05) is 0 Å². The van der Waals surface area contributed by atoms with Crippen LogP contribution < -0.4 is 10.2 Å². The normalized spacial score (nSPS) is 17.2. The molecule has 0 unspecified atom stereocenters. The van der Waals surface area contributed by atoms with Crippen molar-refractivity contribution in [3.8, 4) is 0 Å². The number of β-amino-alcohol motifs (C(OH)–C–C–N with tert-alkyl or cyclic N) is 1. The Morgan fingerprint density at radius 1 is 1.29 bits per heavy atom. The van der Waals surface area contributed by atoms with Crippen molar-refractivity contribution in [2.24, 2.45) is 0 Å². The second-order valence-corrected chi connectivity index (χ2v) is 4.23. The smallest absolute Gasteiger partial charge is 0.0574 e. The molecule has 1 saturated heterocycles. The van der Waals surface area contributed by atoms with Gasteiger partial charge in [-0.15, -0.1) is 0 Å². The summed E-state index contributed by atoms with van der Waals surface area (Å²) in [6.07, 6.45) is 3.73. The van der Waals surface area contributed by atoms with Crippen molar-refractivity contribution < 1.29 is 5.11 Å². The van der Waals surface area contributed by atoms with Gasteiger partial charge in [0.15, 0.2) is 0 Å². The highest BCUT2D eigenvalue weighted by atomic mass is 16.3. The molecule has 1 aromatic rings. The van der Waals surface area contributed by atoms with E-state index in [1.165, 1.54) is 5.69 Å². The van der Waals surface area contributed by atoms with Crippen molar-refractivity contribution in [1.82, 2.24) is 9.88 Å². The van der Waals surface area contributed by atoms with Gasteiger partial charge in [0.05, 0.1) is 30.4 Å². The molecule has 0 bridgehead atoms. The molecule has 1 fully saturated rings. The summed E-state index contributed by atoms with van der Waals surface area (Å²) in [5, 5.41) is 12.0. The molecule has 0 spiro atoms. The number of rotatable bonds is 4. The predicted molar refractivity (Wildman–Crippen MR) is 69.5 cm³/mol. The average molecular weight is 236 g/mol. The van der Waals surface area contributed by atoms with Gasteiger partial charge in [-0.3, -0.25) is 9.88 Å². The first kappa shape index (κ1) is 12.1. The zero-order valence-electron chi connectivity index (χ0n) is 10.3. The molecule has 1 aliphatic heterocycles. The third-order valence-corrected chi connectivity index (χ3v) is 3.17. The van der Waals surface area contributed by atoms with E-state index in [1.807, 2.05) is 19.4 Å². The number of hydrogen-bond donors (Lipinski definition) is 2. The highest BCUT2D eigenvalue weighted by molar-refractivity contribution is 5.55. The fraction of sp³-hybridized carbons (Fsp3) is 0.583. The minimum absolute atomic E-state index is 0.247. The fourth-order valence-corrected chi connectivity index (χ4v) is 2.11. The summed E-state index contributed by atoms with van der Waals surface area (Å²) in [4.78, 5) is 8.85. The second-order valence-electron chi connectivity index (χ2n) is 4.23. The predicted octanol–water partition coefficient (Wildman–Crippen LogP) is 0.238. The third kappa shape index (κ3) is 3.08. The van der Waals surface area contributed by atoms with Crippen LogP contribution in [0.5, 0.6) is 0 Å². The molecule has 1 aliphatic rings. The first-order chi connectivity index (χ1) is 8.33. The van der Waals surface area contributed by atoms with E-state index in [0.717, 1.165) is 38.4 Å². The third-order valence-electron chi connectivity index (χ3n) is 3.17. The van der Waals surface area contributed by atoms with E-state index in [-0.39, 0.29) is 6.61 Å². The lowest BCUT2D eigenvalue weighted by atomic mass is 10.2. The monoisotopic (exact) mass is 236 g/mol. The van der Waals surface area contributed by atoms with Crippen LogP contribution in [0.15, 0.2) is 18.5 Å². The molecule has 0 atom stereocenters. The SMILES string of the molecule is CNc1cncc(N2CCN(CCO)CC2)c1. The first-order valence-corrected chi connectivity index (χ1v) is 6.04. The number of anilines is 2. The van der Waals surface area contributed by atoms with Crippen molar-refractivity contribution in [2.75, 3.05) is 56.6 Å². The van der Waals surface area contributed by atoms with Crippen LogP contribution in [0, 0.1) is 0 Å². The van der Waals surface area contributed by atoms with Gasteiger partial charge in [0.25, 0.3) is 0 Å². The van der Waals surface area contributed by atoms with Gasteiger partial charge in [0.1, 0.15) is 0 Å². The first-order valence-electron chi connectivity index (χ1n) is 6.04. The maximum absolute atomic E-state index is 8.90. The number of aromatic nitrogens is 1. The van der Waals surface area contributed by atoms with E-state index in [0.29, 0.717) is 0 Å². The van der Waals surface area contributed by atoms with Crippen LogP contribution in [-0.4, -0.2) is 61.4 Å². The molecule has 1 aromatic heterocycles. The molecule has 2 rings (SSSR count). The van der Waals surface area contributed by atoms with Crippen molar-refractivity contribution in [1.29, 1.82) is 0 Å². The van der Waals surface area contributed by atoms with Gasteiger partial charge >= 0.3 is 0 Å². The number of pyridine rings is 1. The number of aliphatic hydroxyl groups is 1. The van der Waals surface area contributed by atoms with Crippen LogP contribution in [0.25, 0.3) is 0 Å². The standard InChI is InChI=1S/C12H20N4O/c1-13-11-8-12(10-14-9-11)16-4-2-15(3-5-16)6-7-17/h8-10,13,17H,2-7H2,1H3. The van der Waals surface area contributed by atoms with E-state index in [1.54, 1.807) is 0 Å². The van der Waals surface area contributed by atoms with Crippen LogP contribution in [0.4, 0.5) is 11.4 Å². The molecule has 2 N–H and O–H groups in total. The summed E-state index contributed by atoms with van der Waals surface area (Å²) < 4.78 is 0. The molecule has 94 valence electrons. The number of piperazine rings is 1. The maximum Gasteiger partial charge on any atom is 0.0574 e. The van der Waals surface area contributed by atoms with Gasteiger partial charge in [-0.2, -0.15) is 0 Å². The number of aliphatic hydroxyl groups excluding tert-OH is 1. The minimum atomic E-state index is 0.247. The Bertz CT molecular complexity index is 350. The summed E-state index contributed by atoms with van der Waals surface area (Å²) in [5.41, 5.74) is 2.21. The largest absolute Gasteiger partial charge is 0.395 e. The van der Waals surface area contributed by atoms with E-state index in [9.17, 15) is 0 Å². The molecule has 0 radical (unpaired) electrons. The molecule has 0 aliphatic carbocycles. The zero-order valence-corrected chi connectivity index (χ0v) is 10.3. The summed E-state index contributed by atoms with van der Waals surface area (Å²) in [7, 11) is 1.90. The topological polar surface area (TPSA) is 51.6 Å². The lowest BCUT2D eigenvalue weighted by molar-refractivity contribution is 0.189. The highest BCUT2D eigenvalue weighted by Gasteiger charge is 2.16. The maximum atomic E-state index is 8.90. The summed E-state index contributed by atoms with van der Waals surface area (Å²) in [6, 6.07) is 2.12. The van der Waals surface area contributed by atoms with E-state index in [2.05, 4.69) is 26.2 Å². The van der Waals surface area contributed by atoms with E-state index >= 15 is 0 Å². The van der Waals surface area contributed by atoms with Crippen LogP contribution in [0.3, 0.4) is 0 Å². The minimum Gasteiger partial charge on any atom is -0.395 e. The molecule has 0 aromatic carbocycles. The quantitative estimate of drug-likeness (QED) is 0.784. The number of nitrogens with one attached hydrogen (secondary N) is 1. The van der Waals surface area contributed by atoms with Crippen molar-refractivity contribution >= 4 is 11.4 Å². The Morgan fingerprint density at radius 3 is 2.71 bits per heavy atom. The zero-order chi connectivity index (χ0) is 12.1. The molecular formula is C12H20N4O. The molecule has 2 heterocycles. The Kier molecular flexibility index (Phi) is 4.17. The molecule has 17 heavy (non-hydrogen) atoms. The Morgan fingerprint density at radius 2 is 2.06 bits per heavy atom. The van der Waals surface area contributed by atoms with Gasteiger partial charge in [-0.05, 0) is 6.07 Å². The summed E-state index contributed by atoms with van der Waals surface area (Å²) >= 11 is 0. The van der Waals surface area contributed by atoms with Crippen molar-refractivity contribution in [2.45, 2.75) is 0 Å². The van der Waals surface area contributed by atoms with Crippen LogP contribution in [-0.2, 0) is 0 Å². The second kappa shape index (κ2) is 5.84.